The molecule has 1 fully saturated rings. The first-order chi connectivity index (χ1) is 11.6. The number of carbonyl (C=O) groups excluding carboxylic acids is 1. The third-order valence-corrected chi connectivity index (χ3v) is 4.45. The van der Waals surface area contributed by atoms with Crippen molar-refractivity contribution in [3.63, 3.8) is 0 Å². The molecule has 5 heteroatoms. The largest absolute Gasteiger partial charge is 0.493 e. The summed E-state index contributed by atoms with van der Waals surface area (Å²) < 4.78 is 16.6. The van der Waals surface area contributed by atoms with E-state index in [9.17, 15) is 4.79 Å². The summed E-state index contributed by atoms with van der Waals surface area (Å²) in [6.45, 7) is 7.10. The standard InChI is InChI=1S/C19H25NO4/c1-13-8-14(2)12-20(11-13)18(21)5-4-15-9-16(22-3)19-17(10-15)23-6-7-24-19/h4-5,9-10,13-14H,6-8,11-12H2,1-3H3/b5-4+. The Kier molecular flexibility index (Phi) is 4.97. The molecule has 2 aliphatic rings. The zero-order chi connectivity index (χ0) is 17.1. The van der Waals surface area contributed by atoms with E-state index in [-0.39, 0.29) is 5.91 Å². The van der Waals surface area contributed by atoms with Crippen LogP contribution in [0, 0.1) is 11.8 Å². The van der Waals surface area contributed by atoms with E-state index >= 15 is 0 Å². The van der Waals surface area contributed by atoms with Crippen LogP contribution in [0.25, 0.3) is 6.08 Å². The van der Waals surface area contributed by atoms with Crippen molar-refractivity contribution in [3.05, 3.63) is 23.8 Å². The highest BCUT2D eigenvalue weighted by Crippen LogP contribution is 2.40. The van der Waals surface area contributed by atoms with Gasteiger partial charge in [0, 0.05) is 19.2 Å². The fraction of sp³-hybridized carbons (Fsp3) is 0.526. The average molecular weight is 331 g/mol. The predicted molar refractivity (Wildman–Crippen MR) is 92.5 cm³/mol. The third-order valence-electron chi connectivity index (χ3n) is 4.45. The quantitative estimate of drug-likeness (QED) is 0.799. The van der Waals surface area contributed by atoms with Crippen molar-refractivity contribution in [1.29, 1.82) is 0 Å². The van der Waals surface area contributed by atoms with Gasteiger partial charge >= 0.3 is 0 Å². The monoisotopic (exact) mass is 331 g/mol. The molecule has 0 N–H and O–H groups in total. The van der Waals surface area contributed by atoms with Crippen molar-refractivity contribution < 1.29 is 19.0 Å². The van der Waals surface area contributed by atoms with E-state index < -0.39 is 0 Å². The van der Waals surface area contributed by atoms with Crippen molar-refractivity contribution in [2.45, 2.75) is 20.3 Å². The first-order valence-corrected chi connectivity index (χ1v) is 8.51. The number of hydrogen-bond donors (Lipinski definition) is 0. The van der Waals surface area contributed by atoms with Gasteiger partial charge in [-0.15, -0.1) is 0 Å². The number of benzene rings is 1. The molecule has 24 heavy (non-hydrogen) atoms. The molecule has 5 nitrogen and oxygen atoms in total. The van der Waals surface area contributed by atoms with Crippen LogP contribution in [0.3, 0.4) is 0 Å². The zero-order valence-corrected chi connectivity index (χ0v) is 14.6. The van der Waals surface area contributed by atoms with Crippen LogP contribution in [0.15, 0.2) is 18.2 Å². The molecule has 0 radical (unpaired) electrons. The van der Waals surface area contributed by atoms with Crippen molar-refractivity contribution >= 4 is 12.0 Å². The lowest BCUT2D eigenvalue weighted by molar-refractivity contribution is -0.128. The topological polar surface area (TPSA) is 48.0 Å². The molecule has 2 aliphatic heterocycles. The van der Waals surface area contributed by atoms with Gasteiger partial charge < -0.3 is 19.1 Å². The van der Waals surface area contributed by atoms with E-state index in [1.165, 1.54) is 6.42 Å². The maximum Gasteiger partial charge on any atom is 0.246 e. The highest BCUT2D eigenvalue weighted by Gasteiger charge is 2.24. The molecule has 1 amide bonds. The van der Waals surface area contributed by atoms with Crippen LogP contribution >= 0.6 is 0 Å². The molecule has 0 aliphatic carbocycles. The Morgan fingerprint density at radius 2 is 1.92 bits per heavy atom. The molecule has 0 aromatic heterocycles. The molecule has 1 aromatic carbocycles. The van der Waals surface area contributed by atoms with Crippen LogP contribution in [-0.2, 0) is 4.79 Å². The Hall–Kier alpha value is -2.17. The molecule has 0 bridgehead atoms. The summed E-state index contributed by atoms with van der Waals surface area (Å²) in [5.74, 6) is 3.08. The number of methoxy groups -OCH3 is 1. The van der Waals surface area contributed by atoms with Gasteiger partial charge in [-0.25, -0.2) is 0 Å². The Morgan fingerprint density at radius 3 is 2.62 bits per heavy atom. The Morgan fingerprint density at radius 1 is 1.21 bits per heavy atom. The fourth-order valence-electron chi connectivity index (χ4n) is 3.51. The molecule has 3 rings (SSSR count). The number of nitrogens with zero attached hydrogens (tertiary/aromatic N) is 1. The van der Waals surface area contributed by atoms with E-state index in [1.54, 1.807) is 13.2 Å². The van der Waals surface area contributed by atoms with Gasteiger partial charge in [0.1, 0.15) is 13.2 Å². The maximum absolute atomic E-state index is 12.5. The summed E-state index contributed by atoms with van der Waals surface area (Å²) >= 11 is 0. The first-order valence-electron chi connectivity index (χ1n) is 8.51. The fourth-order valence-corrected chi connectivity index (χ4v) is 3.51. The molecule has 2 heterocycles. The van der Waals surface area contributed by atoms with Crippen LogP contribution in [0.4, 0.5) is 0 Å². The summed E-state index contributed by atoms with van der Waals surface area (Å²) in [6, 6.07) is 3.74. The second kappa shape index (κ2) is 7.16. The Balaban J connectivity index is 1.75. The highest BCUT2D eigenvalue weighted by molar-refractivity contribution is 5.92. The Bertz CT molecular complexity index is 613. The molecule has 0 saturated carbocycles. The van der Waals surface area contributed by atoms with Crippen LogP contribution in [0.2, 0.25) is 0 Å². The van der Waals surface area contributed by atoms with Crippen molar-refractivity contribution in [2.24, 2.45) is 11.8 Å². The SMILES string of the molecule is COc1cc(/C=C/C(=O)N2CC(C)CC(C)C2)cc2c1OCCO2. The van der Waals surface area contributed by atoms with E-state index in [0.717, 1.165) is 18.7 Å². The van der Waals surface area contributed by atoms with Gasteiger partial charge in [-0.3, -0.25) is 4.79 Å². The van der Waals surface area contributed by atoms with Crippen LogP contribution < -0.4 is 14.2 Å². The van der Waals surface area contributed by atoms with Crippen LogP contribution in [0.5, 0.6) is 17.2 Å². The predicted octanol–water partition coefficient (Wildman–Crippen LogP) is 2.98. The van der Waals surface area contributed by atoms with Crippen LogP contribution in [-0.4, -0.2) is 44.2 Å². The second-order valence-corrected chi connectivity index (χ2v) is 6.77. The van der Waals surface area contributed by atoms with Gasteiger partial charge in [0.25, 0.3) is 0 Å². The summed E-state index contributed by atoms with van der Waals surface area (Å²) in [5.41, 5.74) is 0.863. The molecular formula is C19H25NO4. The lowest BCUT2D eigenvalue weighted by atomic mass is 9.92. The molecule has 1 aromatic rings. The molecule has 0 spiro atoms. The van der Waals surface area contributed by atoms with Gasteiger partial charge in [0.05, 0.1) is 7.11 Å². The minimum absolute atomic E-state index is 0.0576. The van der Waals surface area contributed by atoms with Crippen molar-refractivity contribution in [2.75, 3.05) is 33.4 Å². The smallest absolute Gasteiger partial charge is 0.246 e. The molecule has 2 atom stereocenters. The molecular weight excluding hydrogens is 306 g/mol. The number of fused-ring (bicyclic) bond motifs is 1. The first kappa shape index (κ1) is 16.7. The zero-order valence-electron chi connectivity index (χ0n) is 14.6. The minimum atomic E-state index is 0.0576. The van der Waals surface area contributed by atoms with Crippen molar-refractivity contribution in [1.82, 2.24) is 4.90 Å². The normalized spacial score (nSPS) is 23.4. The number of likely N-dealkylation sites (tertiary alicyclic amines) is 1. The number of ether oxygens (including phenoxy) is 3. The lowest BCUT2D eigenvalue weighted by Gasteiger charge is -2.34. The summed E-state index contributed by atoms with van der Waals surface area (Å²) in [4.78, 5) is 14.4. The molecule has 1 saturated heterocycles. The highest BCUT2D eigenvalue weighted by atomic mass is 16.6. The van der Waals surface area contributed by atoms with E-state index in [1.807, 2.05) is 23.1 Å². The number of hydrogen-bond acceptors (Lipinski definition) is 4. The molecule has 130 valence electrons. The second-order valence-electron chi connectivity index (χ2n) is 6.77. The van der Waals surface area contributed by atoms with Gasteiger partial charge in [-0.05, 0) is 42.0 Å². The van der Waals surface area contributed by atoms with E-state index in [2.05, 4.69) is 13.8 Å². The Labute approximate surface area is 143 Å². The average Bonchev–Trinajstić information content (AvgIpc) is 2.58. The van der Waals surface area contributed by atoms with E-state index in [0.29, 0.717) is 42.3 Å². The third kappa shape index (κ3) is 3.66. The molecule has 2 unspecified atom stereocenters. The van der Waals surface area contributed by atoms with Gasteiger partial charge in [0.15, 0.2) is 11.5 Å². The van der Waals surface area contributed by atoms with E-state index in [4.69, 9.17) is 14.2 Å². The maximum atomic E-state index is 12.5. The van der Waals surface area contributed by atoms with Crippen molar-refractivity contribution in [3.8, 4) is 17.2 Å². The number of rotatable bonds is 3. The summed E-state index contributed by atoms with van der Waals surface area (Å²) in [5, 5.41) is 0. The van der Waals surface area contributed by atoms with Crippen LogP contribution in [0.1, 0.15) is 25.8 Å². The summed E-state index contributed by atoms with van der Waals surface area (Å²) in [6.07, 6.45) is 4.63. The number of piperidine rings is 1. The van der Waals surface area contributed by atoms with Gasteiger partial charge in [-0.1, -0.05) is 13.8 Å². The number of amides is 1. The van der Waals surface area contributed by atoms with Gasteiger partial charge in [-0.2, -0.15) is 0 Å². The lowest BCUT2D eigenvalue weighted by Crippen LogP contribution is -2.41. The summed E-state index contributed by atoms with van der Waals surface area (Å²) in [7, 11) is 1.60. The number of carbonyl (C=O) groups is 1. The van der Waals surface area contributed by atoms with Gasteiger partial charge in [0.2, 0.25) is 11.7 Å². The minimum Gasteiger partial charge on any atom is -0.493 e.